The van der Waals surface area contributed by atoms with Gasteiger partial charge in [0.25, 0.3) is 5.91 Å². The van der Waals surface area contributed by atoms with Gasteiger partial charge in [0.2, 0.25) is 0 Å². The molecule has 1 N–H and O–H groups in total. The van der Waals surface area contributed by atoms with E-state index in [9.17, 15) is 4.79 Å². The van der Waals surface area contributed by atoms with Crippen LogP contribution in [0.4, 0.5) is 5.69 Å². The number of nitrogens with zero attached hydrogens (tertiary/aromatic N) is 2. The quantitative estimate of drug-likeness (QED) is 0.778. The molecule has 0 bridgehead atoms. The number of halogens is 2. The Hall–Kier alpha value is -1.56. The van der Waals surface area contributed by atoms with E-state index >= 15 is 0 Å². The molecule has 0 aliphatic heterocycles. The standard InChI is InChI=1S/C12H7Cl2N3OS/c13-7-2-1-3-8(14)10(7)16-11(18)9-6-19-12-15-4-5-17(9)12/h1-6H,(H,16,18). The number of imidazole rings is 1. The van der Waals surface area contributed by atoms with E-state index in [0.29, 0.717) is 21.4 Å². The molecule has 1 amide bonds. The van der Waals surface area contributed by atoms with E-state index in [1.807, 2.05) is 0 Å². The van der Waals surface area contributed by atoms with Gasteiger partial charge in [0.15, 0.2) is 4.96 Å². The highest BCUT2D eigenvalue weighted by molar-refractivity contribution is 7.15. The third kappa shape index (κ3) is 2.20. The molecule has 0 atom stereocenters. The van der Waals surface area contributed by atoms with Gasteiger partial charge in [-0.3, -0.25) is 9.20 Å². The van der Waals surface area contributed by atoms with Gasteiger partial charge in [-0.15, -0.1) is 11.3 Å². The predicted molar refractivity (Wildman–Crippen MR) is 77.5 cm³/mol. The number of fused-ring (bicyclic) bond motifs is 1. The van der Waals surface area contributed by atoms with Crippen molar-refractivity contribution in [2.75, 3.05) is 5.32 Å². The summed E-state index contributed by atoms with van der Waals surface area (Å²) in [4.78, 5) is 17.1. The Labute approximate surface area is 122 Å². The Morgan fingerprint density at radius 1 is 1.32 bits per heavy atom. The molecule has 0 fully saturated rings. The van der Waals surface area contributed by atoms with Gasteiger partial charge in [-0.05, 0) is 12.1 Å². The van der Waals surface area contributed by atoms with Crippen LogP contribution in [0.15, 0.2) is 36.0 Å². The van der Waals surface area contributed by atoms with Crippen molar-refractivity contribution in [1.82, 2.24) is 9.38 Å². The maximum Gasteiger partial charge on any atom is 0.273 e. The Balaban J connectivity index is 1.96. The van der Waals surface area contributed by atoms with Crippen molar-refractivity contribution in [3.63, 3.8) is 0 Å². The summed E-state index contributed by atoms with van der Waals surface area (Å²) in [7, 11) is 0. The predicted octanol–water partition coefficient (Wildman–Crippen LogP) is 3.95. The lowest BCUT2D eigenvalue weighted by Crippen LogP contribution is -2.14. The molecule has 96 valence electrons. The first kappa shape index (κ1) is 12.5. The summed E-state index contributed by atoms with van der Waals surface area (Å²) in [6.07, 6.45) is 3.38. The fourth-order valence-electron chi connectivity index (χ4n) is 1.68. The molecule has 7 heteroatoms. The first-order valence-corrected chi connectivity index (χ1v) is 6.96. The second-order valence-corrected chi connectivity index (χ2v) is 5.40. The van der Waals surface area contributed by atoms with E-state index < -0.39 is 0 Å². The number of carbonyl (C=O) groups is 1. The lowest BCUT2D eigenvalue weighted by molar-refractivity contribution is 0.102. The normalized spacial score (nSPS) is 10.8. The maximum absolute atomic E-state index is 12.2. The summed E-state index contributed by atoms with van der Waals surface area (Å²) >= 11 is 13.4. The molecular weight excluding hydrogens is 305 g/mol. The summed E-state index contributed by atoms with van der Waals surface area (Å²) in [5.74, 6) is -0.278. The number of anilines is 1. The number of thiazole rings is 1. The Kier molecular flexibility index (Phi) is 3.18. The van der Waals surface area contributed by atoms with E-state index in [0.717, 1.165) is 4.96 Å². The van der Waals surface area contributed by atoms with Crippen LogP contribution in [0.2, 0.25) is 10.0 Å². The highest BCUT2D eigenvalue weighted by atomic mass is 35.5. The number of amides is 1. The number of rotatable bonds is 2. The molecular formula is C12H7Cl2N3OS. The van der Waals surface area contributed by atoms with Gasteiger partial charge in [0, 0.05) is 17.8 Å². The molecule has 19 heavy (non-hydrogen) atoms. The smallest absolute Gasteiger partial charge is 0.273 e. The van der Waals surface area contributed by atoms with Crippen LogP contribution in [0, 0.1) is 0 Å². The number of aromatic nitrogens is 2. The third-order valence-corrected chi connectivity index (χ3v) is 4.06. The van der Waals surface area contributed by atoms with E-state index in [1.54, 1.807) is 40.4 Å². The number of hydrogen-bond acceptors (Lipinski definition) is 3. The van der Waals surface area contributed by atoms with E-state index in [1.165, 1.54) is 11.3 Å². The van der Waals surface area contributed by atoms with Crippen molar-refractivity contribution >= 4 is 51.1 Å². The van der Waals surface area contributed by atoms with Crippen molar-refractivity contribution in [2.24, 2.45) is 0 Å². The maximum atomic E-state index is 12.2. The molecule has 0 saturated carbocycles. The third-order valence-electron chi connectivity index (χ3n) is 2.58. The molecule has 4 nitrogen and oxygen atoms in total. The minimum Gasteiger partial charge on any atom is -0.318 e. The van der Waals surface area contributed by atoms with Crippen LogP contribution >= 0.6 is 34.5 Å². The van der Waals surface area contributed by atoms with Gasteiger partial charge in [0.1, 0.15) is 5.69 Å². The number of hydrogen-bond donors (Lipinski definition) is 1. The lowest BCUT2D eigenvalue weighted by Gasteiger charge is -2.08. The van der Waals surface area contributed by atoms with Crippen LogP contribution in [0.1, 0.15) is 10.5 Å². The van der Waals surface area contributed by atoms with Gasteiger partial charge in [-0.2, -0.15) is 0 Å². The molecule has 0 saturated heterocycles. The topological polar surface area (TPSA) is 46.4 Å². The summed E-state index contributed by atoms with van der Waals surface area (Å²) in [5.41, 5.74) is 0.906. The summed E-state index contributed by atoms with van der Waals surface area (Å²) in [6.45, 7) is 0. The zero-order valence-electron chi connectivity index (χ0n) is 9.43. The first-order valence-electron chi connectivity index (χ1n) is 5.33. The second-order valence-electron chi connectivity index (χ2n) is 3.75. The summed E-state index contributed by atoms with van der Waals surface area (Å²) < 4.78 is 1.71. The zero-order valence-corrected chi connectivity index (χ0v) is 11.8. The molecule has 3 rings (SSSR count). The van der Waals surface area contributed by atoms with Gasteiger partial charge in [-0.1, -0.05) is 29.3 Å². The average Bonchev–Trinajstić information content (AvgIpc) is 2.95. The minimum atomic E-state index is -0.278. The molecule has 2 aromatic heterocycles. The van der Waals surface area contributed by atoms with Crippen molar-refractivity contribution < 1.29 is 4.79 Å². The monoisotopic (exact) mass is 311 g/mol. The van der Waals surface area contributed by atoms with Crippen LogP contribution in [0.5, 0.6) is 0 Å². The van der Waals surface area contributed by atoms with Crippen molar-refractivity contribution in [3.8, 4) is 0 Å². The molecule has 1 aromatic carbocycles. The van der Waals surface area contributed by atoms with Crippen LogP contribution < -0.4 is 5.32 Å². The SMILES string of the molecule is O=C(Nc1c(Cl)cccc1Cl)c1csc2nccn12. The average molecular weight is 312 g/mol. The number of benzene rings is 1. The number of nitrogens with one attached hydrogen (secondary N) is 1. The highest BCUT2D eigenvalue weighted by Crippen LogP contribution is 2.30. The van der Waals surface area contributed by atoms with Crippen LogP contribution in [-0.4, -0.2) is 15.3 Å². The summed E-state index contributed by atoms with van der Waals surface area (Å²) in [5, 5.41) is 5.26. The van der Waals surface area contributed by atoms with Crippen molar-refractivity contribution in [1.29, 1.82) is 0 Å². The number of para-hydroxylation sites is 1. The molecule has 0 spiro atoms. The Morgan fingerprint density at radius 2 is 2.05 bits per heavy atom. The molecule has 2 heterocycles. The molecule has 0 radical (unpaired) electrons. The summed E-state index contributed by atoms with van der Waals surface area (Å²) in [6, 6.07) is 5.06. The second kappa shape index (κ2) is 4.85. The Bertz CT molecular complexity index is 745. The largest absolute Gasteiger partial charge is 0.318 e. The van der Waals surface area contributed by atoms with Crippen LogP contribution in [-0.2, 0) is 0 Å². The fourth-order valence-corrected chi connectivity index (χ4v) is 3.01. The van der Waals surface area contributed by atoms with E-state index in [4.69, 9.17) is 23.2 Å². The molecule has 0 aliphatic carbocycles. The van der Waals surface area contributed by atoms with Gasteiger partial charge in [-0.25, -0.2) is 4.98 Å². The highest BCUT2D eigenvalue weighted by Gasteiger charge is 2.15. The van der Waals surface area contributed by atoms with Crippen molar-refractivity contribution in [3.05, 3.63) is 51.7 Å². The Morgan fingerprint density at radius 3 is 2.79 bits per heavy atom. The minimum absolute atomic E-state index is 0.278. The van der Waals surface area contributed by atoms with Gasteiger partial charge < -0.3 is 5.32 Å². The van der Waals surface area contributed by atoms with Gasteiger partial charge >= 0.3 is 0 Å². The van der Waals surface area contributed by atoms with Gasteiger partial charge in [0.05, 0.1) is 15.7 Å². The molecule has 3 aromatic rings. The number of carbonyl (C=O) groups excluding carboxylic acids is 1. The van der Waals surface area contributed by atoms with E-state index in [-0.39, 0.29) is 5.91 Å². The van der Waals surface area contributed by atoms with Crippen molar-refractivity contribution in [2.45, 2.75) is 0 Å². The molecule has 0 aliphatic rings. The first-order chi connectivity index (χ1) is 9.16. The lowest BCUT2D eigenvalue weighted by atomic mass is 10.3. The fraction of sp³-hybridized carbons (Fsp3) is 0. The molecule has 0 unspecified atom stereocenters. The van der Waals surface area contributed by atoms with Crippen LogP contribution in [0.3, 0.4) is 0 Å². The van der Waals surface area contributed by atoms with Crippen LogP contribution in [0.25, 0.3) is 4.96 Å². The van der Waals surface area contributed by atoms with E-state index in [2.05, 4.69) is 10.3 Å². The zero-order chi connectivity index (χ0) is 13.4.